The number of benzene rings is 3. The standard InChI is InChI=1S/C29H28BrFN8O5.C26H23BrFN7O4.C7H4ClNO4.CH4.S2.H2S/c1-16(40)27-20-9-17(18-11-32-25(33-12-18)15-44-29(43)37(2)3)7-8-21(20)39(36-27)14-26(41)38-13-19(31)10-22(38)28(42)35-24-6-4-5-23(30)34-24;1-14(37)25-18-7-15(16-9-29-23(13-36)30-10-16)5-6-19(18)35(33-25)12-24(38)34-11-17(28)8-20(34)26(39)32-22-4-2-3-21(27)31-22;8-7(10)13-6-3-1-5(2-4-6)9(11)12;;1-2;/h4-9,11-12,19,22H,10,13-15H2,1-3H3,(H,34,35,42);2-7,9-10,17,20,36H,8,11-13H2,1H3,(H,31,32,39);1-4H;1H4;;1H2/t19-,22+;17-,20+;;;;/m11..../s1. The van der Waals surface area contributed by atoms with Crippen molar-refractivity contribution in [2.45, 2.75) is 84.8 Å². The van der Waals surface area contributed by atoms with Gasteiger partial charge in [0.15, 0.2) is 29.8 Å². The largest absolute Gasteiger partial charge is 0.441 e. The van der Waals surface area contributed by atoms with Crippen LogP contribution in [0.25, 0.3) is 44.1 Å². The Morgan fingerprint density at radius 1 is 0.670 bits per heavy atom. The lowest BCUT2D eigenvalue weighted by molar-refractivity contribution is -0.384. The molecule has 37 heteroatoms. The SMILES string of the molecule is C.CC(=O)c1nn(CC(=O)N2C[C@H](F)C[C@H]2C(=O)Nc2cccc(Br)n2)c2ccc(-c3cnc(CO)nc3)cc12.CC(=O)c1nn(CC(=O)N2C[C@H](F)C[C@H]2C(=O)Nc2cccc(Br)n2)c2ccc(-c3cnc(COC(=O)N(C)C)nc3)cc12.O=C(Cl)Oc1ccc([N+](=O)[O-])cc1.S.S=S. The number of aliphatic hydroxyl groups excluding tert-OH is 1. The number of carbonyl (C=O) groups excluding carboxylic acids is 8. The van der Waals surface area contributed by atoms with E-state index in [9.17, 15) is 62.4 Å². The molecule has 4 atom stereocenters. The summed E-state index contributed by atoms with van der Waals surface area (Å²) < 4.78 is 42.3. The van der Waals surface area contributed by atoms with E-state index < -0.39 is 64.5 Å². The van der Waals surface area contributed by atoms with Gasteiger partial charge in [0.2, 0.25) is 23.6 Å². The molecule has 524 valence electrons. The van der Waals surface area contributed by atoms with Crippen molar-refractivity contribution in [3.05, 3.63) is 164 Å². The van der Waals surface area contributed by atoms with Crippen LogP contribution < -0.4 is 15.4 Å². The maximum atomic E-state index is 14.5. The predicted molar refractivity (Wildman–Crippen MR) is 379 cm³/mol. The van der Waals surface area contributed by atoms with Crippen LogP contribution in [0, 0.1) is 10.1 Å². The third-order valence-corrected chi connectivity index (χ3v) is 15.5. The Kier molecular flexibility index (Phi) is 28.8. The molecule has 11 rings (SSSR count). The number of ether oxygens (including phenoxy) is 2. The molecule has 8 heterocycles. The molecule has 6 aromatic heterocycles. The second-order valence-electron chi connectivity index (χ2n) is 21.5. The van der Waals surface area contributed by atoms with Crippen LogP contribution in [0.15, 0.2) is 131 Å². The van der Waals surface area contributed by atoms with Crippen LogP contribution in [0.4, 0.5) is 35.7 Å². The second kappa shape index (κ2) is 36.4. The normalized spacial score (nSPS) is 15.0. The minimum absolute atomic E-state index is 0. The lowest BCUT2D eigenvalue weighted by Crippen LogP contribution is -2.44. The summed E-state index contributed by atoms with van der Waals surface area (Å²) in [5.74, 6) is -1.39. The molecule has 29 nitrogen and oxygen atoms in total. The lowest BCUT2D eigenvalue weighted by Gasteiger charge is -2.23. The highest BCUT2D eigenvalue weighted by Gasteiger charge is 2.42. The number of halogens is 5. The number of hydrogen-bond donors (Lipinski definition) is 3. The fraction of sp³-hybridized carbons (Fsp3) is 0.270. The zero-order valence-electron chi connectivity index (χ0n) is 52.3. The number of fused-ring (bicyclic) bond motifs is 2. The average Bonchev–Trinajstić information content (AvgIpc) is 1.62. The summed E-state index contributed by atoms with van der Waals surface area (Å²) in [4.78, 5) is 138. The topological polar surface area (TPSA) is 365 Å². The van der Waals surface area contributed by atoms with Crippen LogP contribution in [0.5, 0.6) is 5.75 Å². The van der Waals surface area contributed by atoms with Crippen LogP contribution in [-0.2, 0) is 72.6 Å². The van der Waals surface area contributed by atoms with E-state index in [4.69, 9.17) is 16.3 Å². The first-order valence-electron chi connectivity index (χ1n) is 29.0. The predicted octanol–water partition coefficient (Wildman–Crippen LogP) is 9.63. The number of Topliss-reactive ketones (excluding diaryl/α,β-unsaturated/α-hetero) is 2. The van der Waals surface area contributed by atoms with Gasteiger partial charge in [-0.1, -0.05) is 31.7 Å². The molecule has 3 aromatic carbocycles. The number of carbonyl (C=O) groups is 8. The summed E-state index contributed by atoms with van der Waals surface area (Å²) in [6.45, 7) is 1.32. The first-order chi connectivity index (χ1) is 46.8. The first-order valence-corrected chi connectivity index (χ1v) is 32.3. The van der Waals surface area contributed by atoms with E-state index in [1.165, 1.54) is 62.2 Å². The quantitative estimate of drug-likeness (QED) is 0.0251. The zero-order valence-corrected chi connectivity index (χ0v) is 58.9. The number of ketones is 2. The molecule has 2 aliphatic heterocycles. The van der Waals surface area contributed by atoms with Gasteiger partial charge in [0.05, 0.1) is 29.0 Å². The van der Waals surface area contributed by atoms with Crippen molar-refractivity contribution in [2.24, 2.45) is 0 Å². The first kappa shape index (κ1) is 79.3. The maximum absolute atomic E-state index is 14.5. The molecule has 3 N–H and O–H groups in total. The fourth-order valence-corrected chi connectivity index (χ4v) is 10.8. The molecule has 2 saturated heterocycles. The minimum atomic E-state index is -1.37. The number of likely N-dealkylation sites (tertiary alicyclic amines) is 2. The van der Waals surface area contributed by atoms with Gasteiger partial charge in [-0.3, -0.25) is 48.2 Å². The van der Waals surface area contributed by atoms with Gasteiger partial charge in [-0.05, 0) is 104 Å². The molecule has 2 aliphatic rings. The molecule has 9 aromatic rings. The molecule has 0 bridgehead atoms. The molecule has 0 spiro atoms. The third kappa shape index (κ3) is 20.5. The van der Waals surface area contributed by atoms with Crippen LogP contribution in [0.2, 0.25) is 0 Å². The van der Waals surface area contributed by atoms with Crippen molar-refractivity contribution in [2.75, 3.05) is 37.8 Å². The lowest BCUT2D eigenvalue weighted by atomic mass is 10.0. The summed E-state index contributed by atoms with van der Waals surface area (Å²) in [7, 11) is 3.14. The van der Waals surface area contributed by atoms with Crippen molar-refractivity contribution < 1.29 is 66.6 Å². The highest BCUT2D eigenvalue weighted by Crippen LogP contribution is 2.31. The van der Waals surface area contributed by atoms with Crippen molar-refractivity contribution in [3.63, 3.8) is 0 Å². The Labute approximate surface area is 606 Å². The van der Waals surface area contributed by atoms with E-state index in [-0.39, 0.29) is 125 Å². The smallest absolute Gasteiger partial charge is 0.409 e. The summed E-state index contributed by atoms with van der Waals surface area (Å²) in [5.41, 5.74) is 3.05. The maximum Gasteiger partial charge on any atom is 0.409 e. The number of non-ortho nitro benzene ring substituents is 1. The van der Waals surface area contributed by atoms with Crippen molar-refractivity contribution in [1.82, 2.24) is 64.2 Å². The Hall–Kier alpha value is -9.72. The molecular formula is C63H61Br2ClF2N16O13S3. The number of pyridine rings is 2. The number of aromatic nitrogens is 10. The van der Waals surface area contributed by atoms with Gasteiger partial charge < -0.3 is 39.9 Å². The highest BCUT2D eigenvalue weighted by atomic mass is 79.9. The molecule has 100 heavy (non-hydrogen) atoms. The molecule has 0 saturated carbocycles. The Bertz CT molecular complexity index is 4500. The molecule has 0 unspecified atom stereocenters. The van der Waals surface area contributed by atoms with Gasteiger partial charge in [-0.25, -0.2) is 48.3 Å². The second-order valence-corrected chi connectivity index (χ2v) is 23.5. The van der Waals surface area contributed by atoms with Gasteiger partial charge in [0, 0.05) is 134 Å². The number of nitrogens with zero attached hydrogens (tertiary/aromatic N) is 14. The monoisotopic (exact) mass is 1580 g/mol. The Morgan fingerprint density at radius 2 is 1.09 bits per heavy atom. The number of hydrogen-bond acceptors (Lipinski definition) is 23. The van der Waals surface area contributed by atoms with E-state index in [1.54, 1.807) is 112 Å². The number of nitro groups is 1. The third-order valence-electron chi connectivity index (χ3n) is 14.6. The van der Waals surface area contributed by atoms with E-state index in [2.05, 4.69) is 110 Å². The van der Waals surface area contributed by atoms with Gasteiger partial charge >= 0.3 is 11.5 Å². The minimum Gasteiger partial charge on any atom is -0.441 e. The van der Waals surface area contributed by atoms with Crippen LogP contribution in [0.3, 0.4) is 0 Å². The Morgan fingerprint density at radius 3 is 1.46 bits per heavy atom. The van der Waals surface area contributed by atoms with Crippen LogP contribution in [0.1, 0.15) is 66.7 Å². The van der Waals surface area contributed by atoms with E-state index in [0.29, 0.717) is 53.5 Å². The number of nitrogens with one attached hydrogen (secondary N) is 2. The number of anilines is 2. The highest BCUT2D eigenvalue weighted by molar-refractivity contribution is 9.10. The molecule has 0 radical (unpaired) electrons. The van der Waals surface area contributed by atoms with E-state index in [1.807, 2.05) is 0 Å². The summed E-state index contributed by atoms with van der Waals surface area (Å²) >= 11 is 18.7. The number of rotatable bonds is 17. The van der Waals surface area contributed by atoms with Crippen LogP contribution >= 0.6 is 57.0 Å². The van der Waals surface area contributed by atoms with Crippen molar-refractivity contribution >= 4 is 165 Å². The summed E-state index contributed by atoms with van der Waals surface area (Å²) in [6, 6.07) is 23.4. The molecule has 0 aliphatic carbocycles. The number of alkyl halides is 2. The van der Waals surface area contributed by atoms with E-state index in [0.717, 1.165) is 5.56 Å². The van der Waals surface area contributed by atoms with Crippen LogP contribution in [-0.4, -0.2) is 173 Å². The zero-order chi connectivity index (χ0) is 71.1. The average molecular weight is 1580 g/mol. The summed E-state index contributed by atoms with van der Waals surface area (Å²) in [6.07, 6.45) is 2.76. The molecule has 5 amide bonds. The number of amides is 5. The van der Waals surface area contributed by atoms with Crippen molar-refractivity contribution in [3.8, 4) is 28.0 Å². The number of aliphatic hydroxyl groups is 1. The summed E-state index contributed by atoms with van der Waals surface area (Å²) in [5, 5.41) is 34.5. The van der Waals surface area contributed by atoms with Gasteiger partial charge in [-0.15, -0.1) is 0 Å². The fourth-order valence-electron chi connectivity index (χ4n) is 10.1. The van der Waals surface area contributed by atoms with Gasteiger partial charge in [0.1, 0.15) is 82.1 Å². The van der Waals surface area contributed by atoms with E-state index >= 15 is 0 Å². The molecule has 2 fully saturated rings. The molecular weight excluding hydrogens is 1520 g/mol. The van der Waals surface area contributed by atoms with Gasteiger partial charge in [-0.2, -0.15) is 23.7 Å². The number of nitro benzene ring substituents is 1. The van der Waals surface area contributed by atoms with Gasteiger partial charge in [0.25, 0.3) is 5.69 Å². The van der Waals surface area contributed by atoms with Crippen molar-refractivity contribution in [1.29, 1.82) is 0 Å². The Balaban J connectivity index is 0.000000258.